The molecule has 2 aliphatic heterocycles. The number of carbonyl (C=O) groups excluding carboxylic acids is 3. The first kappa shape index (κ1) is 37.8. The van der Waals surface area contributed by atoms with Gasteiger partial charge in [-0.15, -0.1) is 0 Å². The molecule has 274 valence electrons. The minimum Gasteiger partial charge on any atom is -0.507 e. The standard InChI is InChI=1S/C41H51NO9/c1-21(2)11-10-12-23(5)14-16-27-32(43)28(15-13-22(3)4)35-31(33(27)44)34(45)29-19-26-20-30-39(8,9)51-40(36(26)46,41(29,30)50-35)18-17-24(6)37(47)42-25(7)38(48)49/h11,13-14,17,19,25-26,30,43-44H,10,12,15-16,18,20H2,1-9H3,(H,42,47)(H,48,49)/b23-14+,24-17-. The molecule has 0 radical (unpaired) electrons. The molecule has 1 amide bonds. The molecule has 1 saturated heterocycles. The molecule has 4 bridgehead atoms. The Morgan fingerprint density at radius 1 is 0.961 bits per heavy atom. The average Bonchev–Trinajstić information content (AvgIpc) is 3.19. The van der Waals surface area contributed by atoms with Gasteiger partial charge in [-0.25, -0.2) is 0 Å². The van der Waals surface area contributed by atoms with Crippen LogP contribution in [-0.4, -0.2) is 61.6 Å². The first-order chi connectivity index (χ1) is 23.8. The molecular weight excluding hydrogens is 650 g/mol. The molecule has 4 N–H and O–H groups in total. The van der Waals surface area contributed by atoms with E-state index in [2.05, 4.69) is 11.4 Å². The lowest BCUT2D eigenvalue weighted by Crippen LogP contribution is -2.72. The monoisotopic (exact) mass is 701 g/mol. The van der Waals surface area contributed by atoms with E-state index in [0.717, 1.165) is 24.0 Å². The number of carboxylic acid groups (broad SMARTS) is 1. The third kappa shape index (κ3) is 6.26. The summed E-state index contributed by atoms with van der Waals surface area (Å²) in [4.78, 5) is 53.6. The summed E-state index contributed by atoms with van der Waals surface area (Å²) in [5.41, 5.74) is -0.0838. The quantitative estimate of drug-likeness (QED) is 0.136. The molecule has 5 atom stereocenters. The van der Waals surface area contributed by atoms with Crippen LogP contribution in [-0.2, 0) is 32.0 Å². The second-order valence-corrected chi connectivity index (χ2v) is 15.6. The summed E-state index contributed by atoms with van der Waals surface area (Å²) in [7, 11) is 0. The van der Waals surface area contributed by atoms with Gasteiger partial charge < -0.3 is 30.1 Å². The molecule has 3 aliphatic carbocycles. The third-order valence-electron chi connectivity index (χ3n) is 10.9. The van der Waals surface area contributed by atoms with Crippen molar-refractivity contribution < 1.29 is 44.0 Å². The Kier molecular flexibility index (Phi) is 10.1. The number of rotatable bonds is 12. The summed E-state index contributed by atoms with van der Waals surface area (Å²) < 4.78 is 13.8. The van der Waals surface area contributed by atoms with Crippen molar-refractivity contribution in [3.63, 3.8) is 0 Å². The zero-order valence-electron chi connectivity index (χ0n) is 31.2. The SMILES string of the molecule is CC(C)=CCC/C(C)=C/Cc1c(O)c(CC=C(C)C)c2c(c1O)C(=O)C1=CC3CC4C(C)(C)OC(C/C=C(/C)C(=O)NC(C)C(=O)O)(C3=O)C14O2. The zero-order chi connectivity index (χ0) is 37.8. The van der Waals surface area contributed by atoms with E-state index in [1.165, 1.54) is 25.5 Å². The van der Waals surface area contributed by atoms with Crippen molar-refractivity contribution in [1.82, 2.24) is 5.32 Å². The molecule has 10 heteroatoms. The van der Waals surface area contributed by atoms with Crippen molar-refractivity contribution in [2.75, 3.05) is 0 Å². The molecule has 6 rings (SSSR count). The number of phenols is 2. The summed E-state index contributed by atoms with van der Waals surface area (Å²) in [6.07, 6.45) is 11.5. The van der Waals surface area contributed by atoms with Crippen LogP contribution in [0.3, 0.4) is 0 Å². The van der Waals surface area contributed by atoms with Crippen molar-refractivity contribution in [2.24, 2.45) is 11.8 Å². The van der Waals surface area contributed by atoms with E-state index in [0.29, 0.717) is 12.0 Å². The maximum Gasteiger partial charge on any atom is 0.325 e. The number of aliphatic carboxylic acids is 1. The minimum absolute atomic E-state index is 0.0233. The second kappa shape index (κ2) is 13.6. The lowest BCUT2D eigenvalue weighted by atomic mass is 9.51. The minimum atomic E-state index is -1.72. The predicted molar refractivity (Wildman–Crippen MR) is 193 cm³/mol. The number of nitrogens with one attached hydrogen (secondary N) is 1. The summed E-state index contributed by atoms with van der Waals surface area (Å²) >= 11 is 0. The molecule has 2 heterocycles. The molecule has 51 heavy (non-hydrogen) atoms. The summed E-state index contributed by atoms with van der Waals surface area (Å²) in [5.74, 6) is -4.21. The van der Waals surface area contributed by atoms with Gasteiger partial charge in [-0.1, -0.05) is 47.1 Å². The van der Waals surface area contributed by atoms with Gasteiger partial charge in [0.05, 0.1) is 5.60 Å². The van der Waals surface area contributed by atoms with E-state index in [4.69, 9.17) is 9.47 Å². The van der Waals surface area contributed by atoms with Crippen LogP contribution in [0.4, 0.5) is 0 Å². The second-order valence-electron chi connectivity index (χ2n) is 15.6. The van der Waals surface area contributed by atoms with E-state index >= 15 is 0 Å². The van der Waals surface area contributed by atoms with Crippen LogP contribution in [0, 0.1) is 11.8 Å². The molecule has 5 aliphatic rings. The molecule has 1 aromatic rings. The average molecular weight is 702 g/mol. The lowest BCUT2D eigenvalue weighted by molar-refractivity contribution is -0.171. The number of hydrogen-bond acceptors (Lipinski definition) is 8. The van der Waals surface area contributed by atoms with Crippen LogP contribution in [0.5, 0.6) is 17.2 Å². The number of phenolic OH excluding ortho intramolecular Hbond substituents is 2. The van der Waals surface area contributed by atoms with Gasteiger partial charge in [0.1, 0.15) is 28.9 Å². The Morgan fingerprint density at radius 3 is 2.24 bits per heavy atom. The van der Waals surface area contributed by atoms with Gasteiger partial charge in [-0.2, -0.15) is 0 Å². The zero-order valence-corrected chi connectivity index (χ0v) is 31.2. The number of carboxylic acids is 1. The molecule has 5 unspecified atom stereocenters. The summed E-state index contributed by atoms with van der Waals surface area (Å²) in [5, 5.41) is 35.3. The number of allylic oxidation sites excluding steroid dienone is 7. The van der Waals surface area contributed by atoms with Crippen molar-refractivity contribution in [3.8, 4) is 17.2 Å². The van der Waals surface area contributed by atoms with Crippen LogP contribution in [0.2, 0.25) is 0 Å². The van der Waals surface area contributed by atoms with Gasteiger partial charge in [-0.3, -0.25) is 19.2 Å². The van der Waals surface area contributed by atoms with Crippen LogP contribution in [0.25, 0.3) is 0 Å². The first-order valence-corrected chi connectivity index (χ1v) is 17.7. The summed E-state index contributed by atoms with van der Waals surface area (Å²) in [6, 6.07) is -1.13. The smallest absolute Gasteiger partial charge is 0.325 e. The number of aromatic hydroxyl groups is 2. The van der Waals surface area contributed by atoms with E-state index in [1.54, 1.807) is 6.08 Å². The fraction of sp³-hybridized carbons (Fsp3) is 0.512. The van der Waals surface area contributed by atoms with Gasteiger partial charge in [0.25, 0.3) is 0 Å². The number of fused-ring (bicyclic) bond motifs is 1. The van der Waals surface area contributed by atoms with E-state index < -0.39 is 52.3 Å². The Labute approximate surface area is 300 Å². The Balaban J connectivity index is 1.66. The highest BCUT2D eigenvalue weighted by atomic mass is 16.6. The van der Waals surface area contributed by atoms with Crippen LogP contribution < -0.4 is 10.1 Å². The highest BCUT2D eigenvalue weighted by molar-refractivity contribution is 6.18. The highest BCUT2D eigenvalue weighted by Crippen LogP contribution is 2.68. The molecular formula is C41H51NO9. The number of ether oxygens (including phenoxy) is 2. The number of Topliss-reactive ketones (excluding diaryl/α,β-unsaturated/α-hetero) is 2. The maximum atomic E-state index is 14.8. The van der Waals surface area contributed by atoms with Gasteiger partial charge >= 0.3 is 5.97 Å². The van der Waals surface area contributed by atoms with Crippen LogP contribution in [0.15, 0.2) is 58.2 Å². The number of carbonyl (C=O) groups is 4. The number of benzene rings is 1. The van der Waals surface area contributed by atoms with Gasteiger partial charge in [-0.05, 0) is 94.4 Å². The first-order valence-electron chi connectivity index (χ1n) is 17.7. The number of hydrogen-bond donors (Lipinski definition) is 4. The van der Waals surface area contributed by atoms with Gasteiger partial charge in [0.15, 0.2) is 22.8 Å². The number of amides is 1. The Morgan fingerprint density at radius 2 is 1.61 bits per heavy atom. The largest absolute Gasteiger partial charge is 0.507 e. The van der Waals surface area contributed by atoms with E-state index in [1.807, 2.05) is 60.6 Å². The fourth-order valence-electron chi connectivity index (χ4n) is 8.18. The van der Waals surface area contributed by atoms with E-state index in [-0.39, 0.29) is 64.6 Å². The molecule has 1 saturated carbocycles. The van der Waals surface area contributed by atoms with Crippen molar-refractivity contribution in [2.45, 2.75) is 124 Å². The van der Waals surface area contributed by atoms with Crippen molar-refractivity contribution in [1.29, 1.82) is 0 Å². The normalized spacial score (nSPS) is 26.4. The number of ketones is 2. The third-order valence-corrected chi connectivity index (χ3v) is 10.9. The fourth-order valence-corrected chi connectivity index (χ4v) is 8.18. The van der Waals surface area contributed by atoms with E-state index in [9.17, 15) is 34.5 Å². The highest BCUT2D eigenvalue weighted by Gasteiger charge is 2.81. The van der Waals surface area contributed by atoms with Crippen LogP contribution in [0.1, 0.15) is 109 Å². The van der Waals surface area contributed by atoms with Crippen molar-refractivity contribution >= 4 is 23.4 Å². The molecule has 0 aromatic heterocycles. The molecule has 2 fully saturated rings. The predicted octanol–water partition coefficient (Wildman–Crippen LogP) is 6.77. The molecule has 1 spiro atoms. The topological polar surface area (TPSA) is 159 Å². The lowest BCUT2D eigenvalue weighted by Gasteiger charge is -2.56. The Bertz CT molecular complexity index is 1850. The van der Waals surface area contributed by atoms with Gasteiger partial charge in [0.2, 0.25) is 5.91 Å². The van der Waals surface area contributed by atoms with Crippen molar-refractivity contribution in [3.05, 3.63) is 74.9 Å². The van der Waals surface area contributed by atoms with Crippen LogP contribution >= 0.6 is 0 Å². The molecule has 1 aromatic carbocycles. The maximum absolute atomic E-state index is 14.8. The summed E-state index contributed by atoms with van der Waals surface area (Å²) in [6.45, 7) is 16.5. The molecule has 10 nitrogen and oxygen atoms in total. The Hall–Kier alpha value is -4.44. The van der Waals surface area contributed by atoms with Gasteiger partial charge in [0, 0.05) is 40.5 Å².